The van der Waals surface area contributed by atoms with Crippen molar-refractivity contribution in [2.75, 3.05) is 32.7 Å². The summed E-state index contributed by atoms with van der Waals surface area (Å²) < 4.78 is 0. The fourth-order valence-electron chi connectivity index (χ4n) is 3.28. The van der Waals surface area contributed by atoms with E-state index in [4.69, 9.17) is 0 Å². The van der Waals surface area contributed by atoms with Crippen LogP contribution < -0.4 is 5.32 Å². The molecule has 1 aliphatic heterocycles. The van der Waals surface area contributed by atoms with Crippen LogP contribution in [0.3, 0.4) is 0 Å². The van der Waals surface area contributed by atoms with Crippen molar-refractivity contribution < 1.29 is 0 Å². The molecular formula is C14H26N2. The van der Waals surface area contributed by atoms with Crippen LogP contribution in [0, 0.1) is 11.8 Å². The first-order valence-corrected chi connectivity index (χ1v) is 6.89. The molecule has 0 aromatic rings. The van der Waals surface area contributed by atoms with Crippen LogP contribution in [0.25, 0.3) is 0 Å². The lowest BCUT2D eigenvalue weighted by Crippen LogP contribution is -2.28. The topological polar surface area (TPSA) is 15.3 Å². The van der Waals surface area contributed by atoms with Crippen molar-refractivity contribution in [3.8, 4) is 0 Å². The number of fused-ring (bicyclic) bond motifs is 1. The Kier molecular flexibility index (Phi) is 4.42. The summed E-state index contributed by atoms with van der Waals surface area (Å²) in [7, 11) is 0. The summed E-state index contributed by atoms with van der Waals surface area (Å²) in [5, 5.41) is 3.43. The Morgan fingerprint density at radius 1 is 1.31 bits per heavy atom. The van der Waals surface area contributed by atoms with Crippen LogP contribution in [-0.4, -0.2) is 37.6 Å². The monoisotopic (exact) mass is 222 g/mol. The second-order valence-corrected chi connectivity index (χ2v) is 5.57. The maximum Gasteiger partial charge on any atom is 0.0203 e. The highest BCUT2D eigenvalue weighted by Crippen LogP contribution is 2.37. The summed E-state index contributed by atoms with van der Waals surface area (Å²) in [5.74, 6) is 2.02. The van der Waals surface area contributed by atoms with Gasteiger partial charge in [-0.25, -0.2) is 0 Å². The van der Waals surface area contributed by atoms with Gasteiger partial charge in [-0.05, 0) is 43.2 Å². The largest absolute Gasteiger partial charge is 0.313 e. The van der Waals surface area contributed by atoms with Gasteiger partial charge in [-0.15, -0.1) is 0 Å². The van der Waals surface area contributed by atoms with Crippen molar-refractivity contribution in [3.05, 3.63) is 12.2 Å². The number of likely N-dealkylation sites (tertiary alicyclic amines) is 1. The minimum atomic E-state index is 1.000. The van der Waals surface area contributed by atoms with Crippen molar-refractivity contribution in [2.24, 2.45) is 11.8 Å². The number of rotatable bonds is 6. The van der Waals surface area contributed by atoms with E-state index in [1.54, 1.807) is 0 Å². The van der Waals surface area contributed by atoms with Crippen LogP contribution in [-0.2, 0) is 0 Å². The molecule has 2 aliphatic rings. The summed E-state index contributed by atoms with van der Waals surface area (Å²) in [6.45, 7) is 12.3. The van der Waals surface area contributed by atoms with Gasteiger partial charge in [0.15, 0.2) is 0 Å². The van der Waals surface area contributed by atoms with E-state index in [9.17, 15) is 0 Å². The third-order valence-corrected chi connectivity index (χ3v) is 4.05. The molecule has 2 nitrogen and oxygen atoms in total. The molecule has 1 aliphatic carbocycles. The van der Waals surface area contributed by atoms with E-state index in [0.29, 0.717) is 0 Å². The van der Waals surface area contributed by atoms with Gasteiger partial charge in [0.2, 0.25) is 0 Å². The molecule has 2 unspecified atom stereocenters. The molecule has 1 heterocycles. The Bertz CT molecular complexity index is 225. The molecule has 2 atom stereocenters. The maximum atomic E-state index is 4.18. The highest BCUT2D eigenvalue weighted by molar-refractivity contribution is 5.02. The molecule has 0 amide bonds. The van der Waals surface area contributed by atoms with E-state index in [1.165, 1.54) is 44.3 Å². The van der Waals surface area contributed by atoms with Crippen LogP contribution in [0.5, 0.6) is 0 Å². The molecule has 0 aromatic heterocycles. The van der Waals surface area contributed by atoms with E-state index in [1.807, 2.05) is 0 Å². The molecule has 0 aromatic carbocycles. The highest BCUT2D eigenvalue weighted by Gasteiger charge is 2.35. The lowest BCUT2D eigenvalue weighted by molar-refractivity contribution is 0.334. The van der Waals surface area contributed by atoms with Crippen LogP contribution in [0.2, 0.25) is 0 Å². The minimum Gasteiger partial charge on any atom is -0.313 e. The van der Waals surface area contributed by atoms with Crippen LogP contribution in [0.15, 0.2) is 12.2 Å². The average molecular weight is 222 g/mol. The van der Waals surface area contributed by atoms with E-state index < -0.39 is 0 Å². The van der Waals surface area contributed by atoms with Crippen LogP contribution in [0.1, 0.15) is 32.6 Å². The maximum absolute atomic E-state index is 4.18. The predicted molar refractivity (Wildman–Crippen MR) is 69.6 cm³/mol. The fourth-order valence-corrected chi connectivity index (χ4v) is 3.28. The molecule has 0 radical (unpaired) electrons. The second kappa shape index (κ2) is 5.83. The molecule has 1 saturated carbocycles. The van der Waals surface area contributed by atoms with Gasteiger partial charge in [0, 0.05) is 26.2 Å². The second-order valence-electron chi connectivity index (χ2n) is 5.57. The van der Waals surface area contributed by atoms with Crippen molar-refractivity contribution in [3.63, 3.8) is 0 Å². The molecule has 92 valence electrons. The summed E-state index contributed by atoms with van der Waals surface area (Å²) in [4.78, 5) is 2.62. The summed E-state index contributed by atoms with van der Waals surface area (Å²) in [6, 6.07) is 0. The minimum absolute atomic E-state index is 1.000. The summed E-state index contributed by atoms with van der Waals surface area (Å²) >= 11 is 0. The molecule has 2 heteroatoms. The molecule has 2 rings (SSSR count). The Morgan fingerprint density at radius 3 is 2.62 bits per heavy atom. The Balaban J connectivity index is 1.65. The van der Waals surface area contributed by atoms with Crippen molar-refractivity contribution >= 4 is 0 Å². The van der Waals surface area contributed by atoms with Crippen LogP contribution >= 0.6 is 0 Å². The number of nitrogens with one attached hydrogen (secondary N) is 1. The Hall–Kier alpha value is -0.340. The quantitative estimate of drug-likeness (QED) is 0.548. The third kappa shape index (κ3) is 3.08. The third-order valence-electron chi connectivity index (χ3n) is 4.05. The van der Waals surface area contributed by atoms with Gasteiger partial charge >= 0.3 is 0 Å². The standard InChI is InChI=1S/C14H26N2/c1-3-7-15-8-12(2)9-16-10-13-5-4-6-14(13)11-16/h13-15H,2-11H2,1H3. The smallest absolute Gasteiger partial charge is 0.0203 e. The van der Waals surface area contributed by atoms with Gasteiger partial charge in [-0.1, -0.05) is 19.9 Å². The Labute approximate surface area is 100 Å². The van der Waals surface area contributed by atoms with Gasteiger partial charge in [0.25, 0.3) is 0 Å². The van der Waals surface area contributed by atoms with E-state index in [0.717, 1.165) is 31.5 Å². The van der Waals surface area contributed by atoms with Crippen molar-refractivity contribution in [1.82, 2.24) is 10.2 Å². The molecule has 2 fully saturated rings. The molecule has 16 heavy (non-hydrogen) atoms. The van der Waals surface area contributed by atoms with E-state index in [2.05, 4.69) is 23.7 Å². The first-order chi connectivity index (χ1) is 7.79. The van der Waals surface area contributed by atoms with Gasteiger partial charge in [0.05, 0.1) is 0 Å². The highest BCUT2D eigenvalue weighted by atomic mass is 15.2. The van der Waals surface area contributed by atoms with E-state index >= 15 is 0 Å². The number of hydrogen-bond acceptors (Lipinski definition) is 2. The van der Waals surface area contributed by atoms with Gasteiger partial charge < -0.3 is 5.32 Å². The lowest BCUT2D eigenvalue weighted by Gasteiger charge is -2.18. The summed E-state index contributed by atoms with van der Waals surface area (Å²) in [5.41, 5.74) is 1.36. The first-order valence-electron chi connectivity index (χ1n) is 6.89. The van der Waals surface area contributed by atoms with Gasteiger partial charge in [-0.2, -0.15) is 0 Å². The van der Waals surface area contributed by atoms with Crippen LogP contribution in [0.4, 0.5) is 0 Å². The average Bonchev–Trinajstić information content (AvgIpc) is 2.78. The van der Waals surface area contributed by atoms with Gasteiger partial charge in [-0.3, -0.25) is 4.90 Å². The van der Waals surface area contributed by atoms with Gasteiger partial charge in [0.1, 0.15) is 0 Å². The molecule has 1 N–H and O–H groups in total. The SMILES string of the molecule is C=C(CNCCC)CN1CC2CCCC2C1. The zero-order valence-corrected chi connectivity index (χ0v) is 10.7. The lowest BCUT2D eigenvalue weighted by atomic mass is 10.0. The molecule has 0 bridgehead atoms. The predicted octanol–water partition coefficient (Wildman–Crippen LogP) is 2.27. The van der Waals surface area contributed by atoms with E-state index in [-0.39, 0.29) is 0 Å². The first kappa shape index (κ1) is 12.1. The fraction of sp³-hybridized carbons (Fsp3) is 0.857. The zero-order valence-electron chi connectivity index (χ0n) is 10.7. The zero-order chi connectivity index (χ0) is 11.4. The van der Waals surface area contributed by atoms with Crippen molar-refractivity contribution in [1.29, 1.82) is 0 Å². The normalized spacial score (nSPS) is 29.6. The molecule has 0 spiro atoms. The summed E-state index contributed by atoms with van der Waals surface area (Å²) in [6.07, 6.45) is 5.63. The van der Waals surface area contributed by atoms with Crippen molar-refractivity contribution in [2.45, 2.75) is 32.6 Å². The number of hydrogen-bond donors (Lipinski definition) is 1. The Morgan fingerprint density at radius 2 is 2.00 bits per heavy atom. The number of nitrogens with zero attached hydrogens (tertiary/aromatic N) is 1. The molecule has 1 saturated heterocycles. The molecular weight excluding hydrogens is 196 g/mol.